The molecule has 0 aliphatic heterocycles. The van der Waals surface area contributed by atoms with Gasteiger partial charge in [-0.3, -0.25) is 0 Å². The molecule has 61 heavy (non-hydrogen) atoms. The Labute approximate surface area is 371 Å². The van der Waals surface area contributed by atoms with Gasteiger partial charge < -0.3 is 37.8 Å². The second-order valence-electron chi connectivity index (χ2n) is 12.9. The van der Waals surface area contributed by atoms with E-state index in [1.807, 2.05) is 0 Å². The van der Waals surface area contributed by atoms with Crippen LogP contribution in [0.25, 0.3) is 0 Å². The van der Waals surface area contributed by atoms with E-state index in [-0.39, 0.29) is 21.1 Å². The summed E-state index contributed by atoms with van der Waals surface area (Å²) in [7, 11) is -14.6. The van der Waals surface area contributed by atoms with Crippen LogP contribution >= 0.6 is 29.5 Å². The third-order valence-corrected chi connectivity index (χ3v) is 16.6. The first kappa shape index (κ1) is 48.9. The number of benzene rings is 8. The average molecular weight is 965 g/mol. The predicted molar refractivity (Wildman–Crippen MR) is 239 cm³/mol. The van der Waals surface area contributed by atoms with E-state index in [2.05, 4.69) is 0 Å². The van der Waals surface area contributed by atoms with Gasteiger partial charge in [0, 0.05) is 42.4 Å². The van der Waals surface area contributed by atoms with Crippen molar-refractivity contribution in [3.63, 3.8) is 0 Å². The molecule has 0 aromatic heterocycles. The molecular weight excluding hydrogens is 924 g/mol. The van der Waals surface area contributed by atoms with Gasteiger partial charge in [0.1, 0.15) is 0 Å². The van der Waals surface area contributed by atoms with Crippen molar-refractivity contribution in [3.8, 4) is 0 Å². The van der Waals surface area contributed by atoms with E-state index < -0.39 is 29.5 Å². The maximum atomic E-state index is 12.1. The fourth-order valence-corrected chi connectivity index (χ4v) is 11.3. The van der Waals surface area contributed by atoms with Crippen molar-refractivity contribution in [3.05, 3.63) is 243 Å². The van der Waals surface area contributed by atoms with Gasteiger partial charge in [-0.1, -0.05) is 243 Å². The standard InChI is InChI=1S/4C12H11O2P.Mo/c4*13-15(14,11-7-3-1-4-8-11)12-9-5-2-6-10-12;/h4*1-10H,(H,13,14);/q;;;;+4/p-4. The molecule has 8 aromatic rings. The van der Waals surface area contributed by atoms with Crippen LogP contribution in [0.3, 0.4) is 0 Å². The topological polar surface area (TPSA) is 161 Å². The fourth-order valence-electron chi connectivity index (χ4n) is 5.59. The van der Waals surface area contributed by atoms with Gasteiger partial charge in [-0.05, 0) is 0 Å². The zero-order valence-electron chi connectivity index (χ0n) is 32.6. The average Bonchev–Trinajstić information content (AvgIpc) is 3.32. The molecule has 0 heterocycles. The Morgan fingerprint density at radius 2 is 0.279 bits per heavy atom. The van der Waals surface area contributed by atoms with Crippen LogP contribution in [0.2, 0.25) is 0 Å². The summed E-state index contributed by atoms with van der Waals surface area (Å²) in [5.41, 5.74) is 0. The zero-order chi connectivity index (χ0) is 42.9. The third-order valence-electron chi connectivity index (χ3n) is 8.77. The van der Waals surface area contributed by atoms with E-state index in [0.717, 1.165) is 0 Å². The molecule has 0 atom stereocenters. The van der Waals surface area contributed by atoms with Gasteiger partial charge in [-0.2, -0.15) is 0 Å². The Kier molecular flexibility index (Phi) is 18.8. The molecule has 0 saturated carbocycles. The molecule has 8 aromatic carbocycles. The molecule has 0 saturated heterocycles. The van der Waals surface area contributed by atoms with Crippen LogP contribution < -0.4 is 62.0 Å². The van der Waals surface area contributed by atoms with E-state index in [4.69, 9.17) is 0 Å². The van der Waals surface area contributed by atoms with E-state index >= 15 is 0 Å². The van der Waals surface area contributed by atoms with Gasteiger partial charge in [0.05, 0.1) is 29.5 Å². The van der Waals surface area contributed by atoms with Crippen LogP contribution in [0.4, 0.5) is 0 Å². The fraction of sp³-hybridized carbons (Fsp3) is 0. The largest absolute Gasteiger partial charge is 4.00 e. The molecule has 0 aliphatic carbocycles. The third kappa shape index (κ3) is 13.6. The molecule has 0 spiro atoms. The van der Waals surface area contributed by atoms with E-state index in [1.54, 1.807) is 243 Å². The Balaban J connectivity index is 0.000000178. The maximum Gasteiger partial charge on any atom is 4.00 e. The van der Waals surface area contributed by atoms with Crippen molar-refractivity contribution >= 4 is 71.9 Å². The van der Waals surface area contributed by atoms with Crippen LogP contribution in [0, 0.1) is 0 Å². The monoisotopic (exact) mass is 966 g/mol. The molecule has 0 aliphatic rings. The van der Waals surface area contributed by atoms with E-state index in [1.165, 1.54) is 0 Å². The summed E-state index contributed by atoms with van der Waals surface area (Å²) in [6.45, 7) is 0. The van der Waals surface area contributed by atoms with Crippen molar-refractivity contribution < 1.29 is 58.9 Å². The number of rotatable bonds is 8. The normalized spacial score (nSPS) is 11.1. The molecule has 0 radical (unpaired) electrons. The van der Waals surface area contributed by atoms with E-state index in [9.17, 15) is 37.8 Å². The van der Waals surface area contributed by atoms with Gasteiger partial charge in [-0.15, -0.1) is 0 Å². The summed E-state index contributed by atoms with van der Waals surface area (Å²) < 4.78 is 48.2. The van der Waals surface area contributed by atoms with Crippen molar-refractivity contribution in [2.24, 2.45) is 0 Å². The van der Waals surface area contributed by atoms with Gasteiger partial charge in [-0.25, -0.2) is 0 Å². The quantitative estimate of drug-likeness (QED) is 0.150. The van der Waals surface area contributed by atoms with Crippen LogP contribution in [-0.2, 0) is 39.3 Å². The van der Waals surface area contributed by atoms with Crippen LogP contribution in [-0.4, -0.2) is 0 Å². The Hall–Kier alpha value is -4.79. The number of hydrogen-bond donors (Lipinski definition) is 0. The molecule has 0 fully saturated rings. The van der Waals surface area contributed by atoms with Gasteiger partial charge >= 0.3 is 21.1 Å². The molecule has 0 N–H and O–H groups in total. The van der Waals surface area contributed by atoms with Crippen molar-refractivity contribution in [2.75, 3.05) is 0 Å². The second-order valence-corrected chi connectivity index (χ2v) is 21.4. The Bertz CT molecular complexity index is 2130. The SMILES string of the molecule is O=P([O-])(c1ccccc1)c1ccccc1.O=P([O-])(c1ccccc1)c1ccccc1.O=P([O-])(c1ccccc1)c1ccccc1.O=P([O-])(c1ccccc1)c1ccccc1.[Mo+4]. The zero-order valence-corrected chi connectivity index (χ0v) is 38.1. The molecule has 306 valence electrons. The van der Waals surface area contributed by atoms with Crippen LogP contribution in [0.5, 0.6) is 0 Å². The molecular formula is C48H40MoO8P4. The van der Waals surface area contributed by atoms with Gasteiger partial charge in [0.15, 0.2) is 0 Å². The molecule has 8 rings (SSSR count). The number of hydrogen-bond acceptors (Lipinski definition) is 8. The Morgan fingerprint density at radius 1 is 0.197 bits per heavy atom. The molecule has 0 unspecified atom stereocenters. The minimum atomic E-state index is -3.65. The molecule has 13 heteroatoms. The summed E-state index contributed by atoms with van der Waals surface area (Å²) in [5.74, 6) is 0. The first-order chi connectivity index (χ1) is 28.8. The van der Waals surface area contributed by atoms with Gasteiger partial charge in [0.25, 0.3) is 0 Å². The predicted octanol–water partition coefficient (Wildman–Crippen LogP) is 5.10. The first-order valence-electron chi connectivity index (χ1n) is 18.5. The van der Waals surface area contributed by atoms with Crippen LogP contribution in [0.1, 0.15) is 0 Å². The summed E-state index contributed by atoms with van der Waals surface area (Å²) in [6, 6.07) is 67.8. The van der Waals surface area contributed by atoms with Crippen molar-refractivity contribution in [2.45, 2.75) is 0 Å². The summed E-state index contributed by atoms with van der Waals surface area (Å²) in [6.07, 6.45) is 0. The second kappa shape index (κ2) is 23.4. The smallest absolute Gasteiger partial charge is 0.793 e. The minimum absolute atomic E-state index is 0. The van der Waals surface area contributed by atoms with E-state index in [0.29, 0.717) is 42.4 Å². The minimum Gasteiger partial charge on any atom is -0.793 e. The van der Waals surface area contributed by atoms with Crippen molar-refractivity contribution in [1.29, 1.82) is 0 Å². The molecule has 0 amide bonds. The molecule has 0 bridgehead atoms. The van der Waals surface area contributed by atoms with Gasteiger partial charge in [0.2, 0.25) is 0 Å². The maximum absolute atomic E-state index is 12.1. The first-order valence-corrected chi connectivity index (χ1v) is 25.0. The van der Waals surface area contributed by atoms with Crippen LogP contribution in [0.15, 0.2) is 243 Å². The van der Waals surface area contributed by atoms with Crippen molar-refractivity contribution in [1.82, 2.24) is 0 Å². The summed E-state index contributed by atoms with van der Waals surface area (Å²) >= 11 is 0. The Morgan fingerprint density at radius 3 is 0.361 bits per heavy atom. The summed E-state index contributed by atoms with van der Waals surface area (Å²) in [5, 5.41) is 2.86. The summed E-state index contributed by atoms with van der Waals surface area (Å²) in [4.78, 5) is 48.2. The molecule has 8 nitrogen and oxygen atoms in total.